The summed E-state index contributed by atoms with van der Waals surface area (Å²) in [6, 6.07) is 0. The zero-order chi connectivity index (χ0) is 39.6. The molecule has 0 radical (unpaired) electrons. The number of esters is 1. The first-order chi connectivity index (χ1) is 22.3. The van der Waals surface area contributed by atoms with Gasteiger partial charge in [-0.1, -0.05) is 0 Å². The number of aliphatic carboxylic acids is 1. The molecule has 2 N–H and O–H groups in total. The van der Waals surface area contributed by atoms with Crippen LogP contribution in [0.2, 0.25) is 0 Å². The van der Waals surface area contributed by atoms with Crippen molar-refractivity contribution in [3.63, 3.8) is 0 Å². The van der Waals surface area contributed by atoms with Crippen molar-refractivity contribution in [2.45, 2.75) is 149 Å². The second kappa shape index (κ2) is 17.7. The van der Waals surface area contributed by atoms with E-state index in [9.17, 15) is 51.4 Å². The van der Waals surface area contributed by atoms with Gasteiger partial charge in [0, 0.05) is 0 Å². The predicted octanol–water partition coefficient (Wildman–Crippen LogP) is 3.84. The number of halogens is 4. The predicted molar refractivity (Wildman–Crippen MR) is 169 cm³/mol. The Bertz CT molecular complexity index is 1250. The van der Waals surface area contributed by atoms with Crippen molar-refractivity contribution in [3.8, 4) is 0 Å². The Labute approximate surface area is 312 Å². The minimum atomic E-state index is -3.01. The van der Waals surface area contributed by atoms with E-state index in [1.54, 1.807) is 41.5 Å². The van der Waals surface area contributed by atoms with Crippen molar-refractivity contribution >= 4 is 36.3 Å². The Kier molecular flexibility index (Phi) is 17.3. The summed E-state index contributed by atoms with van der Waals surface area (Å²) in [4.78, 5) is 74.4. The Hall–Kier alpha value is -3.30. The van der Waals surface area contributed by atoms with Crippen molar-refractivity contribution in [3.05, 3.63) is 0 Å². The fourth-order valence-electron chi connectivity index (χ4n) is 4.62. The SMILES string of the molecule is CC(C)(C)OC(=O)N(C(=O)OC(C)(C)C)[C@]1(C(=O)O)C[C@H]1C(F)F.CCOC(=O)[C@@]1(N(C(=O)OC(C)(C)C)C(=O)OC(C)(C)C)C[C@H]1C(F)F.[Li+].[OH-]. The van der Waals surface area contributed by atoms with Gasteiger partial charge in [0.2, 0.25) is 12.9 Å². The monoisotopic (exact) mass is 754 g/mol. The molecule has 0 heterocycles. The Morgan fingerprint density at radius 2 is 0.865 bits per heavy atom. The number of hydrogen-bond acceptors (Lipinski definition) is 12. The first-order valence-corrected chi connectivity index (χ1v) is 15.8. The quantitative estimate of drug-likeness (QED) is 0.170. The molecule has 52 heavy (non-hydrogen) atoms. The number of hydrogen-bond donors (Lipinski definition) is 1. The van der Waals surface area contributed by atoms with Crippen LogP contribution < -0.4 is 18.9 Å². The first kappa shape index (κ1) is 50.8. The van der Waals surface area contributed by atoms with Crippen LogP contribution in [0.15, 0.2) is 0 Å². The number of alkyl halides is 4. The smallest absolute Gasteiger partial charge is 0.870 e. The Balaban J connectivity index is 0. The number of imide groups is 2. The van der Waals surface area contributed by atoms with E-state index in [1.165, 1.54) is 48.5 Å². The van der Waals surface area contributed by atoms with E-state index in [4.69, 9.17) is 23.7 Å². The van der Waals surface area contributed by atoms with E-state index in [0.717, 1.165) is 0 Å². The molecule has 4 atom stereocenters. The van der Waals surface area contributed by atoms with Crippen LogP contribution in [-0.4, -0.2) is 110 Å². The molecule has 4 amide bonds. The average molecular weight is 755 g/mol. The van der Waals surface area contributed by atoms with Gasteiger partial charge in [0.05, 0.1) is 18.4 Å². The maximum Gasteiger partial charge on any atom is 1.00 e. The summed E-state index contributed by atoms with van der Waals surface area (Å²) in [7, 11) is 0. The molecule has 2 aliphatic rings. The van der Waals surface area contributed by atoms with Crippen molar-refractivity contribution in [1.29, 1.82) is 0 Å². The molecule has 0 aromatic rings. The molecule has 0 spiro atoms. The zero-order valence-corrected chi connectivity index (χ0v) is 32.2. The van der Waals surface area contributed by atoms with Crippen LogP contribution >= 0.6 is 0 Å². The fraction of sp³-hybridized carbons (Fsp3) is 0.812. The van der Waals surface area contributed by atoms with Crippen LogP contribution in [0.4, 0.5) is 36.7 Å². The second-order valence-corrected chi connectivity index (χ2v) is 15.8. The van der Waals surface area contributed by atoms with E-state index in [1.807, 2.05) is 0 Å². The minimum Gasteiger partial charge on any atom is -0.870 e. The minimum absolute atomic E-state index is 0. The normalized spacial score (nSPS) is 22.2. The van der Waals surface area contributed by atoms with E-state index in [2.05, 4.69) is 0 Å². The molecule has 0 saturated heterocycles. The third kappa shape index (κ3) is 13.3. The van der Waals surface area contributed by atoms with Gasteiger partial charge in [-0.25, -0.2) is 46.3 Å². The number of rotatable bonds is 7. The maximum atomic E-state index is 13.3. The third-order valence-electron chi connectivity index (χ3n) is 6.68. The van der Waals surface area contributed by atoms with E-state index in [0.29, 0.717) is 4.90 Å². The molecule has 0 bridgehead atoms. The number of amides is 4. The number of carbonyl (C=O) groups excluding carboxylic acids is 5. The van der Waals surface area contributed by atoms with Crippen LogP contribution in [0.25, 0.3) is 0 Å². The van der Waals surface area contributed by atoms with Gasteiger partial charge in [-0.3, -0.25) is 0 Å². The number of nitrogens with zero attached hydrogens (tertiary/aromatic N) is 2. The summed E-state index contributed by atoms with van der Waals surface area (Å²) < 4.78 is 78.0. The van der Waals surface area contributed by atoms with Gasteiger partial charge >= 0.3 is 55.2 Å². The van der Waals surface area contributed by atoms with Crippen LogP contribution in [0.1, 0.15) is 103 Å². The summed E-state index contributed by atoms with van der Waals surface area (Å²) in [5.74, 6) is -6.00. The van der Waals surface area contributed by atoms with Gasteiger partial charge in [0.15, 0.2) is 11.1 Å². The molecular weight excluding hydrogens is 703 g/mol. The largest absolute Gasteiger partial charge is 1.00 e. The molecule has 296 valence electrons. The number of carboxylic acid groups (broad SMARTS) is 1. The van der Waals surface area contributed by atoms with Gasteiger partial charge in [-0.15, -0.1) is 0 Å². The molecule has 0 aromatic carbocycles. The van der Waals surface area contributed by atoms with Gasteiger partial charge in [0.25, 0.3) is 0 Å². The fourth-order valence-corrected chi connectivity index (χ4v) is 4.62. The van der Waals surface area contributed by atoms with Crippen molar-refractivity contribution in [2.24, 2.45) is 11.8 Å². The van der Waals surface area contributed by atoms with E-state index in [-0.39, 0.29) is 35.8 Å². The van der Waals surface area contributed by atoms with Crippen LogP contribution in [0.3, 0.4) is 0 Å². The van der Waals surface area contributed by atoms with Crippen LogP contribution in [-0.2, 0) is 33.3 Å². The first-order valence-electron chi connectivity index (χ1n) is 15.8. The van der Waals surface area contributed by atoms with Crippen LogP contribution in [0, 0.1) is 11.8 Å². The van der Waals surface area contributed by atoms with Crippen molar-refractivity contribution in [1.82, 2.24) is 9.80 Å². The maximum absolute atomic E-state index is 13.3. The standard InChI is InChI=1S/C17H27F2NO6.C15H23F2NO6.Li.H2O/c1-8-24-12(21)17(9-10(17)11(18)19)20(13(22)25-15(2,3)4)14(23)26-16(5,6)7;1-13(2,3)23-11(21)18(12(22)24-14(4,5)6)15(10(19)20)7-8(15)9(16)17;;/h10-11H,8-9H2,1-7H3;8-9H,7H2,1-6H3,(H,19,20);;1H2/q;;+1;/p-1/t10-,17+;8-,15+;;/m00../s1. The summed E-state index contributed by atoms with van der Waals surface area (Å²) in [6.45, 7) is 19.7. The molecule has 0 unspecified atom stereocenters. The molecule has 2 fully saturated rings. The number of carbonyl (C=O) groups is 6. The zero-order valence-electron chi connectivity index (χ0n) is 32.2. The summed E-state index contributed by atoms with van der Waals surface area (Å²) >= 11 is 0. The van der Waals surface area contributed by atoms with Gasteiger partial charge in [-0.05, 0) is 103 Å². The van der Waals surface area contributed by atoms with Gasteiger partial charge in [-0.2, -0.15) is 9.80 Å². The topological polar surface area (TPSA) is 205 Å². The molecule has 2 aliphatic carbocycles. The molecule has 20 heteroatoms. The van der Waals surface area contributed by atoms with Crippen molar-refractivity contribution in [2.75, 3.05) is 6.61 Å². The van der Waals surface area contributed by atoms with Crippen molar-refractivity contribution < 1.29 is 99.5 Å². The Morgan fingerprint density at radius 1 is 0.615 bits per heavy atom. The van der Waals surface area contributed by atoms with Crippen LogP contribution in [0.5, 0.6) is 0 Å². The van der Waals surface area contributed by atoms with E-state index >= 15 is 0 Å². The third-order valence-corrected chi connectivity index (χ3v) is 6.68. The van der Waals surface area contributed by atoms with Gasteiger partial charge in [0.1, 0.15) is 22.4 Å². The van der Waals surface area contributed by atoms with Gasteiger partial charge < -0.3 is 34.3 Å². The molecular formula is C32H51F4LiN2O13. The molecule has 0 aliphatic heterocycles. The summed E-state index contributed by atoms with van der Waals surface area (Å²) in [5.41, 5.74) is -8.61. The molecule has 15 nitrogen and oxygen atoms in total. The Morgan fingerprint density at radius 3 is 1.06 bits per heavy atom. The summed E-state index contributed by atoms with van der Waals surface area (Å²) in [6.07, 6.45) is -12.0. The molecule has 2 saturated carbocycles. The second-order valence-electron chi connectivity index (χ2n) is 15.8. The number of carboxylic acids is 1. The number of ether oxygens (including phenoxy) is 5. The average Bonchev–Trinajstić information content (AvgIpc) is 3.75. The molecule has 0 aromatic heterocycles. The summed E-state index contributed by atoms with van der Waals surface area (Å²) in [5, 5.41) is 9.40. The van der Waals surface area contributed by atoms with E-state index < -0.39 is 107 Å². The molecule has 2 rings (SSSR count).